The van der Waals surface area contributed by atoms with Gasteiger partial charge in [0, 0.05) is 38.2 Å². The van der Waals surface area contributed by atoms with Crippen LogP contribution in [-0.2, 0) is 7.05 Å². The minimum atomic E-state index is 0.310. The number of hydroxylamine groups is 1. The fourth-order valence-electron chi connectivity index (χ4n) is 5.74. The molecular weight excluding hydrogens is 430 g/mol. The Labute approximate surface area is 202 Å². The maximum Gasteiger partial charge on any atom is 0.289 e. The van der Waals surface area contributed by atoms with Crippen molar-refractivity contribution in [1.29, 1.82) is 0 Å². The van der Waals surface area contributed by atoms with E-state index in [1.165, 1.54) is 24.3 Å². The molecule has 5 rings (SSSR count). The number of fused-ring (bicyclic) bond motifs is 1. The Morgan fingerprint density at radius 2 is 1.82 bits per heavy atom. The van der Waals surface area contributed by atoms with Gasteiger partial charge in [0.05, 0.1) is 12.8 Å². The molecule has 0 spiro atoms. The zero-order valence-corrected chi connectivity index (χ0v) is 20.9. The van der Waals surface area contributed by atoms with Crippen molar-refractivity contribution in [2.75, 3.05) is 50.9 Å². The average Bonchev–Trinajstić information content (AvgIpc) is 3.21. The third-order valence-electron chi connectivity index (χ3n) is 7.75. The Bertz CT molecular complexity index is 1050. The summed E-state index contributed by atoms with van der Waals surface area (Å²) in [5, 5.41) is 17.2. The maximum atomic E-state index is 11.1. The number of anilines is 2. The Hall–Kier alpha value is -2.65. The Balaban J connectivity index is 1.42. The minimum absolute atomic E-state index is 0.310. The summed E-state index contributed by atoms with van der Waals surface area (Å²) in [6.45, 7) is 2.28. The molecular formula is C25H38N7O2+. The van der Waals surface area contributed by atoms with E-state index in [2.05, 4.69) is 36.2 Å². The molecule has 184 valence electrons. The first-order valence-electron chi connectivity index (χ1n) is 12.6. The summed E-state index contributed by atoms with van der Waals surface area (Å²) in [5.41, 5.74) is 3.61. The molecule has 1 saturated carbocycles. The summed E-state index contributed by atoms with van der Waals surface area (Å²) in [6.07, 6.45) is 10.4. The van der Waals surface area contributed by atoms with Gasteiger partial charge in [0.2, 0.25) is 6.67 Å². The van der Waals surface area contributed by atoms with Gasteiger partial charge in [0.1, 0.15) is 11.5 Å². The van der Waals surface area contributed by atoms with Crippen LogP contribution in [0.2, 0.25) is 0 Å². The first kappa shape index (κ1) is 23.1. The van der Waals surface area contributed by atoms with Crippen LogP contribution in [0.4, 0.5) is 17.2 Å². The number of ether oxygens (including phenoxy) is 1. The zero-order chi connectivity index (χ0) is 23.8. The maximum absolute atomic E-state index is 11.1. The number of pyridine rings is 1. The molecule has 9 nitrogen and oxygen atoms in total. The fourth-order valence-corrected chi connectivity index (χ4v) is 5.74. The van der Waals surface area contributed by atoms with Crippen LogP contribution >= 0.6 is 0 Å². The van der Waals surface area contributed by atoms with E-state index in [-0.39, 0.29) is 0 Å². The van der Waals surface area contributed by atoms with Crippen LogP contribution in [0.25, 0.3) is 0 Å². The first-order valence-corrected chi connectivity index (χ1v) is 12.6. The number of nitrogens with zero attached hydrogens (tertiary/aromatic N) is 7. The van der Waals surface area contributed by atoms with Gasteiger partial charge in [-0.3, -0.25) is 9.89 Å². The van der Waals surface area contributed by atoms with Crippen molar-refractivity contribution in [2.24, 2.45) is 7.05 Å². The molecule has 0 radical (unpaired) electrons. The third kappa shape index (κ3) is 4.27. The lowest BCUT2D eigenvalue weighted by molar-refractivity contribution is -0.445. The molecule has 0 amide bonds. The van der Waals surface area contributed by atoms with Crippen molar-refractivity contribution in [2.45, 2.75) is 56.9 Å². The van der Waals surface area contributed by atoms with Crippen LogP contribution in [0.5, 0.6) is 5.88 Å². The third-order valence-corrected chi connectivity index (χ3v) is 7.75. The molecule has 2 aromatic heterocycles. The van der Waals surface area contributed by atoms with Crippen LogP contribution in [0.3, 0.4) is 0 Å². The quantitative estimate of drug-likeness (QED) is 0.675. The highest BCUT2D eigenvalue weighted by Gasteiger charge is 2.35. The van der Waals surface area contributed by atoms with E-state index >= 15 is 0 Å². The summed E-state index contributed by atoms with van der Waals surface area (Å²) in [7, 11) is 7.92. The van der Waals surface area contributed by atoms with Crippen LogP contribution < -0.4 is 14.7 Å². The Morgan fingerprint density at radius 1 is 1.09 bits per heavy atom. The van der Waals surface area contributed by atoms with E-state index in [9.17, 15) is 5.21 Å². The molecule has 34 heavy (non-hydrogen) atoms. The van der Waals surface area contributed by atoms with Gasteiger partial charge in [-0.1, -0.05) is 19.3 Å². The van der Waals surface area contributed by atoms with E-state index in [0.717, 1.165) is 67.4 Å². The molecule has 2 aliphatic heterocycles. The number of methoxy groups -OCH3 is 1. The monoisotopic (exact) mass is 468 g/mol. The van der Waals surface area contributed by atoms with Crippen LogP contribution in [0, 0.1) is 0 Å². The van der Waals surface area contributed by atoms with Gasteiger partial charge < -0.3 is 14.5 Å². The second-order valence-electron chi connectivity index (χ2n) is 10.1. The van der Waals surface area contributed by atoms with Gasteiger partial charge >= 0.3 is 0 Å². The molecule has 1 N–H and O–H groups in total. The lowest BCUT2D eigenvalue weighted by atomic mass is 9.86. The Kier molecular flexibility index (Phi) is 6.48. The van der Waals surface area contributed by atoms with E-state index in [4.69, 9.17) is 14.8 Å². The highest BCUT2D eigenvalue weighted by Crippen LogP contribution is 2.40. The van der Waals surface area contributed by atoms with E-state index in [1.807, 2.05) is 22.4 Å². The highest BCUT2D eigenvalue weighted by molar-refractivity contribution is 5.86. The number of hydrogen-bond donors (Lipinski definition) is 1. The van der Waals surface area contributed by atoms with Crippen molar-refractivity contribution in [3.8, 4) is 5.88 Å². The van der Waals surface area contributed by atoms with Crippen molar-refractivity contribution in [3.63, 3.8) is 0 Å². The van der Waals surface area contributed by atoms with E-state index in [0.29, 0.717) is 24.5 Å². The molecule has 2 aromatic rings. The van der Waals surface area contributed by atoms with Crippen LogP contribution in [0.1, 0.15) is 62.3 Å². The largest absolute Gasteiger partial charge is 0.476 e. The molecule has 0 aromatic carbocycles. The SMILES string of the molecule is COc1nc(N2CCC(N(C)C)CC2)ccc1[N+]1=Cc2c(c(C3CCCCC3)nn2C)N(O)C1. The molecule has 1 saturated heterocycles. The van der Waals surface area contributed by atoms with Crippen molar-refractivity contribution < 1.29 is 14.5 Å². The molecule has 0 unspecified atom stereocenters. The molecule has 9 heteroatoms. The topological polar surface area (TPSA) is 72.9 Å². The van der Waals surface area contributed by atoms with Gasteiger partial charge in [0.15, 0.2) is 11.9 Å². The molecule has 4 heterocycles. The predicted octanol–water partition coefficient (Wildman–Crippen LogP) is 3.33. The van der Waals surface area contributed by atoms with E-state index in [1.54, 1.807) is 7.11 Å². The number of aromatic nitrogens is 3. The highest BCUT2D eigenvalue weighted by atomic mass is 16.5. The lowest BCUT2D eigenvalue weighted by Crippen LogP contribution is -2.42. The smallest absolute Gasteiger partial charge is 0.289 e. The number of piperidine rings is 1. The fraction of sp³-hybridized carbons (Fsp3) is 0.640. The lowest BCUT2D eigenvalue weighted by Gasteiger charge is -2.35. The summed E-state index contributed by atoms with van der Waals surface area (Å²) in [4.78, 5) is 9.49. The second kappa shape index (κ2) is 9.54. The number of hydrogen-bond acceptors (Lipinski definition) is 7. The van der Waals surface area contributed by atoms with Crippen molar-refractivity contribution >= 4 is 23.4 Å². The van der Waals surface area contributed by atoms with Crippen LogP contribution in [0.15, 0.2) is 12.1 Å². The molecule has 2 fully saturated rings. The van der Waals surface area contributed by atoms with Gasteiger partial charge in [-0.2, -0.15) is 19.7 Å². The van der Waals surface area contributed by atoms with Crippen LogP contribution in [-0.4, -0.2) is 82.7 Å². The summed E-state index contributed by atoms with van der Waals surface area (Å²) in [5.74, 6) is 1.93. The van der Waals surface area contributed by atoms with Crippen molar-refractivity contribution in [1.82, 2.24) is 19.7 Å². The van der Waals surface area contributed by atoms with Gasteiger partial charge in [0.25, 0.3) is 11.6 Å². The summed E-state index contributed by atoms with van der Waals surface area (Å²) >= 11 is 0. The molecule has 1 aliphatic carbocycles. The van der Waals surface area contributed by atoms with Crippen molar-refractivity contribution in [3.05, 3.63) is 23.5 Å². The zero-order valence-electron chi connectivity index (χ0n) is 20.9. The summed E-state index contributed by atoms with van der Waals surface area (Å²) in [6, 6.07) is 4.74. The van der Waals surface area contributed by atoms with Gasteiger partial charge in [-0.15, -0.1) is 0 Å². The summed E-state index contributed by atoms with van der Waals surface area (Å²) < 4.78 is 9.59. The van der Waals surface area contributed by atoms with Gasteiger partial charge in [-0.05, 0) is 45.8 Å². The number of aryl methyl sites for hydroxylation is 1. The van der Waals surface area contributed by atoms with E-state index < -0.39 is 0 Å². The molecule has 0 bridgehead atoms. The predicted molar refractivity (Wildman–Crippen MR) is 133 cm³/mol. The minimum Gasteiger partial charge on any atom is -0.476 e. The molecule has 3 aliphatic rings. The standard InChI is InChI=1S/C25H38N7O2/c1-28(2)19-12-14-30(15-13-19)22-11-10-20(25(26-22)34-4)31-16-21-24(32(33)17-31)23(27-29(21)3)18-8-6-5-7-9-18/h10-11,16,18-19,33H,5-9,12-15,17H2,1-4H3/q+1. The Morgan fingerprint density at radius 3 is 2.50 bits per heavy atom. The molecule has 0 atom stereocenters. The number of rotatable bonds is 5. The normalized spacial score (nSPS) is 20.0. The first-order chi connectivity index (χ1) is 16.5. The second-order valence-corrected chi connectivity index (χ2v) is 10.1. The van der Waals surface area contributed by atoms with Gasteiger partial charge in [-0.25, -0.2) is 0 Å². The average molecular weight is 469 g/mol.